The lowest BCUT2D eigenvalue weighted by Gasteiger charge is -2.27. The Bertz CT molecular complexity index is 621. The van der Waals surface area contributed by atoms with E-state index < -0.39 is 60.1 Å². The zero-order chi connectivity index (χ0) is 24.8. The van der Waals surface area contributed by atoms with Crippen LogP contribution in [-0.2, 0) is 19.2 Å². The van der Waals surface area contributed by atoms with Crippen LogP contribution in [0.15, 0.2) is 0 Å². The highest BCUT2D eigenvalue weighted by atomic mass is 32.2. The van der Waals surface area contributed by atoms with E-state index >= 15 is 0 Å². The molecule has 0 saturated heterocycles. The van der Waals surface area contributed by atoms with Gasteiger partial charge in [0.2, 0.25) is 17.7 Å². The Kier molecular flexibility index (Phi) is 14.9. The summed E-state index contributed by atoms with van der Waals surface area (Å²) in [5, 5.41) is 35.9. The van der Waals surface area contributed by atoms with Crippen molar-refractivity contribution in [3.63, 3.8) is 0 Å². The van der Waals surface area contributed by atoms with E-state index in [-0.39, 0.29) is 12.8 Å². The fourth-order valence-corrected chi connectivity index (χ4v) is 3.13. The number of nitrogens with one attached hydrogen (secondary N) is 3. The highest BCUT2D eigenvalue weighted by Gasteiger charge is 2.32. The fraction of sp³-hybridized carbons (Fsp3) is 0.789. The number of carboxylic acid groups (broad SMARTS) is 1. The van der Waals surface area contributed by atoms with Crippen molar-refractivity contribution in [1.82, 2.24) is 16.0 Å². The summed E-state index contributed by atoms with van der Waals surface area (Å²) < 4.78 is 0. The molecule has 0 bridgehead atoms. The van der Waals surface area contributed by atoms with Gasteiger partial charge in [-0.25, -0.2) is 4.79 Å². The lowest BCUT2D eigenvalue weighted by Crippen LogP contribution is -2.60. The van der Waals surface area contributed by atoms with E-state index in [1.807, 2.05) is 0 Å². The summed E-state index contributed by atoms with van der Waals surface area (Å²) in [7, 11) is 0. The maximum atomic E-state index is 12.8. The van der Waals surface area contributed by atoms with Crippen molar-refractivity contribution in [2.75, 3.05) is 18.6 Å². The number of nitrogens with two attached hydrogens (primary N) is 2. The van der Waals surface area contributed by atoms with Crippen LogP contribution in [0.3, 0.4) is 0 Å². The molecule has 3 amide bonds. The van der Waals surface area contributed by atoms with Gasteiger partial charge < -0.3 is 42.7 Å². The Morgan fingerprint density at radius 3 is 1.94 bits per heavy atom. The Morgan fingerprint density at radius 2 is 1.47 bits per heavy atom. The number of carbonyl (C=O) groups excluding carboxylic acids is 3. The topological polar surface area (TPSA) is 217 Å². The van der Waals surface area contributed by atoms with Crippen LogP contribution in [0.1, 0.15) is 39.5 Å². The van der Waals surface area contributed by atoms with E-state index in [1.165, 1.54) is 25.6 Å². The van der Waals surface area contributed by atoms with Crippen LogP contribution in [0.5, 0.6) is 0 Å². The summed E-state index contributed by atoms with van der Waals surface area (Å²) in [6, 6.07) is -4.99. The van der Waals surface area contributed by atoms with Gasteiger partial charge in [-0.15, -0.1) is 0 Å². The molecule has 6 atom stereocenters. The van der Waals surface area contributed by atoms with Crippen molar-refractivity contribution in [2.24, 2.45) is 11.5 Å². The Labute approximate surface area is 192 Å². The number of carboxylic acids is 1. The van der Waals surface area contributed by atoms with Gasteiger partial charge in [-0.3, -0.25) is 14.4 Å². The predicted octanol–water partition coefficient (Wildman–Crippen LogP) is -2.50. The van der Waals surface area contributed by atoms with Gasteiger partial charge in [-0.05, 0) is 58.1 Å². The maximum absolute atomic E-state index is 12.8. The number of hydrogen-bond donors (Lipinski definition) is 8. The summed E-state index contributed by atoms with van der Waals surface area (Å²) >= 11 is 1.41. The maximum Gasteiger partial charge on any atom is 0.326 e. The van der Waals surface area contributed by atoms with E-state index in [1.54, 1.807) is 6.26 Å². The molecule has 6 unspecified atom stereocenters. The molecule has 0 aromatic carbocycles. The molecule has 0 rings (SSSR count). The number of hydrogen-bond acceptors (Lipinski definition) is 9. The van der Waals surface area contributed by atoms with E-state index in [2.05, 4.69) is 16.0 Å². The van der Waals surface area contributed by atoms with Crippen molar-refractivity contribution in [3.05, 3.63) is 0 Å². The molecule has 186 valence electrons. The number of aliphatic carboxylic acids is 1. The van der Waals surface area contributed by atoms with Gasteiger partial charge in [0.05, 0.1) is 12.2 Å². The molecule has 0 heterocycles. The van der Waals surface area contributed by atoms with E-state index in [0.29, 0.717) is 25.1 Å². The van der Waals surface area contributed by atoms with Crippen molar-refractivity contribution < 1.29 is 34.5 Å². The smallest absolute Gasteiger partial charge is 0.326 e. The molecule has 0 spiro atoms. The van der Waals surface area contributed by atoms with Gasteiger partial charge in [-0.1, -0.05) is 0 Å². The molecule has 0 fully saturated rings. The number of aliphatic hydroxyl groups excluding tert-OH is 2. The summed E-state index contributed by atoms with van der Waals surface area (Å²) in [6.07, 6.45) is 0.723. The average Bonchev–Trinajstić information content (AvgIpc) is 2.72. The number of thioether (sulfide) groups is 1. The van der Waals surface area contributed by atoms with Gasteiger partial charge in [0, 0.05) is 0 Å². The minimum atomic E-state index is -1.45. The van der Waals surface area contributed by atoms with E-state index in [0.717, 1.165) is 0 Å². The zero-order valence-electron chi connectivity index (χ0n) is 18.7. The molecule has 0 radical (unpaired) electrons. The summed E-state index contributed by atoms with van der Waals surface area (Å²) in [6.45, 7) is 2.98. The van der Waals surface area contributed by atoms with Crippen molar-refractivity contribution in [1.29, 1.82) is 0 Å². The zero-order valence-corrected chi connectivity index (χ0v) is 19.6. The number of rotatable bonds is 16. The largest absolute Gasteiger partial charge is 0.480 e. The minimum Gasteiger partial charge on any atom is -0.480 e. The van der Waals surface area contributed by atoms with Gasteiger partial charge in [0.25, 0.3) is 0 Å². The summed E-state index contributed by atoms with van der Waals surface area (Å²) in [4.78, 5) is 49.0. The van der Waals surface area contributed by atoms with Crippen molar-refractivity contribution in [3.8, 4) is 0 Å². The SMILES string of the molecule is CSCCC(NC(=O)C(NC(=O)C(CCCCN)NC(=O)C(N)C(C)O)C(C)O)C(=O)O. The second-order valence-electron chi connectivity index (χ2n) is 7.52. The van der Waals surface area contributed by atoms with Crippen LogP contribution in [-0.4, -0.2) is 93.9 Å². The molecule has 0 aliphatic carbocycles. The Morgan fingerprint density at radius 1 is 0.875 bits per heavy atom. The second kappa shape index (κ2) is 15.8. The molecule has 0 saturated carbocycles. The molecule has 13 heteroatoms. The minimum absolute atomic E-state index is 0.164. The first-order chi connectivity index (χ1) is 15.0. The third-order valence-electron chi connectivity index (χ3n) is 4.69. The summed E-state index contributed by atoms with van der Waals surface area (Å²) in [5.74, 6) is -3.13. The molecular weight excluding hydrogens is 442 g/mol. The Balaban J connectivity index is 5.38. The third-order valence-corrected chi connectivity index (χ3v) is 5.33. The van der Waals surface area contributed by atoms with Crippen molar-refractivity contribution >= 4 is 35.5 Å². The molecule has 0 aliphatic heterocycles. The van der Waals surface area contributed by atoms with Gasteiger partial charge in [0.15, 0.2) is 0 Å². The lowest BCUT2D eigenvalue weighted by atomic mass is 10.0. The molecule has 0 aromatic heterocycles. The second-order valence-corrected chi connectivity index (χ2v) is 8.51. The average molecular weight is 480 g/mol. The molecule has 0 aromatic rings. The van der Waals surface area contributed by atoms with Crippen molar-refractivity contribution in [2.45, 2.75) is 75.9 Å². The number of amides is 3. The van der Waals surface area contributed by atoms with E-state index in [9.17, 15) is 34.5 Å². The van der Waals surface area contributed by atoms with Crippen LogP contribution in [0.4, 0.5) is 0 Å². The van der Waals surface area contributed by atoms with Crippen LogP contribution < -0.4 is 27.4 Å². The van der Waals surface area contributed by atoms with Crippen LogP contribution in [0.25, 0.3) is 0 Å². The molecular formula is C19H37N5O7S. The van der Waals surface area contributed by atoms with Gasteiger partial charge >= 0.3 is 5.97 Å². The van der Waals surface area contributed by atoms with Gasteiger partial charge in [-0.2, -0.15) is 11.8 Å². The molecule has 10 N–H and O–H groups in total. The Hall–Kier alpha value is -1.93. The highest BCUT2D eigenvalue weighted by Crippen LogP contribution is 2.06. The normalized spacial score (nSPS) is 16.7. The molecule has 32 heavy (non-hydrogen) atoms. The summed E-state index contributed by atoms with van der Waals surface area (Å²) in [5.41, 5.74) is 11.1. The standard InChI is InChI=1S/C19H37N5O7S/c1-10(25)14(21)17(28)22-12(6-4-5-8-20)16(27)24-15(11(2)26)18(29)23-13(19(30)31)7-9-32-3/h10-15,25-26H,4-9,20-21H2,1-3H3,(H,22,28)(H,23,29)(H,24,27)(H,30,31). The first-order valence-corrected chi connectivity index (χ1v) is 11.8. The first-order valence-electron chi connectivity index (χ1n) is 10.4. The third kappa shape index (κ3) is 11.1. The van der Waals surface area contributed by atoms with Crippen LogP contribution in [0, 0.1) is 0 Å². The molecule has 0 aliphatic rings. The van der Waals surface area contributed by atoms with Crippen LogP contribution in [0.2, 0.25) is 0 Å². The first kappa shape index (κ1) is 30.1. The fourth-order valence-electron chi connectivity index (χ4n) is 2.66. The van der Waals surface area contributed by atoms with Crippen LogP contribution >= 0.6 is 11.8 Å². The molecule has 12 nitrogen and oxygen atoms in total. The monoisotopic (exact) mass is 479 g/mol. The number of unbranched alkanes of at least 4 members (excludes halogenated alkanes) is 1. The highest BCUT2D eigenvalue weighted by molar-refractivity contribution is 7.98. The predicted molar refractivity (Wildman–Crippen MR) is 121 cm³/mol. The quantitative estimate of drug-likeness (QED) is 0.109. The van der Waals surface area contributed by atoms with Gasteiger partial charge in [0.1, 0.15) is 24.2 Å². The van der Waals surface area contributed by atoms with E-state index in [4.69, 9.17) is 11.5 Å². The number of aliphatic hydroxyl groups is 2. The number of carbonyl (C=O) groups is 4. The lowest BCUT2D eigenvalue weighted by molar-refractivity contribution is -0.143.